The Balaban J connectivity index is 1.91. The summed E-state index contributed by atoms with van der Waals surface area (Å²) < 4.78 is 54.6. The van der Waals surface area contributed by atoms with Gasteiger partial charge in [-0.3, -0.25) is 0 Å². The maximum atomic E-state index is 14.0. The number of nitrogens with zero attached hydrogens (tertiary/aromatic N) is 3. The normalized spacial score (nSPS) is 12.2. The first-order chi connectivity index (χ1) is 16.0. The van der Waals surface area contributed by atoms with Crippen molar-refractivity contribution in [3.05, 3.63) is 77.5 Å². The van der Waals surface area contributed by atoms with Gasteiger partial charge < -0.3 is 15.7 Å². The summed E-state index contributed by atoms with van der Waals surface area (Å²) in [5.74, 6) is -3.77. The summed E-state index contributed by atoms with van der Waals surface area (Å²) >= 11 is 0. The molecule has 1 atom stereocenters. The third kappa shape index (κ3) is 5.98. The number of aliphatic hydroxyl groups is 1. The summed E-state index contributed by atoms with van der Waals surface area (Å²) in [4.78, 5) is 22.5. The highest BCUT2D eigenvalue weighted by atomic mass is 19.1. The van der Waals surface area contributed by atoms with Crippen LogP contribution in [0, 0.1) is 23.3 Å². The van der Waals surface area contributed by atoms with E-state index in [2.05, 4.69) is 20.6 Å². The molecule has 0 radical (unpaired) electrons. The van der Waals surface area contributed by atoms with Crippen LogP contribution in [0.2, 0.25) is 0 Å². The molecule has 2 aromatic carbocycles. The van der Waals surface area contributed by atoms with E-state index in [1.807, 2.05) is 0 Å². The molecule has 180 valence electrons. The quantitative estimate of drug-likeness (QED) is 0.431. The molecule has 7 nitrogen and oxygen atoms in total. The molecule has 0 aliphatic carbocycles. The van der Waals surface area contributed by atoms with Gasteiger partial charge in [0.05, 0.1) is 23.9 Å². The van der Waals surface area contributed by atoms with Gasteiger partial charge in [0.25, 0.3) is 0 Å². The summed E-state index contributed by atoms with van der Waals surface area (Å²) in [6.07, 6.45) is 1.37. The fraction of sp³-hybridized carbons (Fsp3) is 0.261. The van der Waals surface area contributed by atoms with Crippen LogP contribution in [0.4, 0.5) is 39.8 Å². The first-order valence-electron chi connectivity index (χ1n) is 10.2. The predicted octanol–water partition coefficient (Wildman–Crippen LogP) is 4.65. The van der Waals surface area contributed by atoms with Crippen molar-refractivity contribution >= 4 is 23.5 Å². The van der Waals surface area contributed by atoms with E-state index in [9.17, 15) is 27.5 Å². The first kappa shape index (κ1) is 24.9. The van der Waals surface area contributed by atoms with Crippen molar-refractivity contribution in [3.8, 4) is 0 Å². The molecule has 0 bridgehead atoms. The van der Waals surface area contributed by atoms with Gasteiger partial charge in [-0.05, 0) is 45.0 Å². The van der Waals surface area contributed by atoms with Crippen LogP contribution in [0.15, 0.2) is 48.7 Å². The summed E-state index contributed by atoms with van der Waals surface area (Å²) in [5, 5.41) is 15.4. The van der Waals surface area contributed by atoms with Crippen molar-refractivity contribution in [2.24, 2.45) is 0 Å². The number of amides is 2. The lowest BCUT2D eigenvalue weighted by molar-refractivity contribution is 0.0646. The lowest BCUT2D eigenvalue weighted by Gasteiger charge is -2.27. The highest BCUT2D eigenvalue weighted by Gasteiger charge is 2.25. The smallest absolute Gasteiger partial charge is 0.327 e. The Kier molecular flexibility index (Phi) is 7.35. The van der Waals surface area contributed by atoms with Crippen LogP contribution in [0.5, 0.6) is 0 Å². The number of halogens is 4. The second-order valence-corrected chi connectivity index (χ2v) is 8.08. The highest BCUT2D eigenvalue weighted by molar-refractivity contribution is 5.98. The Bertz CT molecular complexity index is 1150. The fourth-order valence-electron chi connectivity index (χ4n) is 2.84. The minimum absolute atomic E-state index is 0.0598. The number of anilines is 3. The van der Waals surface area contributed by atoms with Crippen LogP contribution in [0.1, 0.15) is 26.3 Å². The monoisotopic (exact) mass is 477 g/mol. The van der Waals surface area contributed by atoms with E-state index in [4.69, 9.17) is 0 Å². The Labute approximate surface area is 193 Å². The second kappa shape index (κ2) is 10.0. The standard InChI is InChI=1S/C23H23F4N5O2/c1-13(23(2,3)34)30-21-28-9-8-20(31-21)32(16-6-4-14(24)5-7-16)22(33)29-12-17-18(26)10-15(25)11-19(17)27/h4-11,13,34H,12H2,1-3H3,(H,29,33)(H,28,30,31). The molecule has 0 aliphatic heterocycles. The van der Waals surface area contributed by atoms with Crippen LogP contribution in [0.3, 0.4) is 0 Å². The van der Waals surface area contributed by atoms with Crippen molar-refractivity contribution in [3.63, 3.8) is 0 Å². The lowest BCUT2D eigenvalue weighted by atomic mass is 10.0. The van der Waals surface area contributed by atoms with Crippen molar-refractivity contribution in [2.45, 2.75) is 39.0 Å². The number of rotatable bonds is 7. The van der Waals surface area contributed by atoms with Crippen molar-refractivity contribution < 1.29 is 27.5 Å². The third-order valence-electron chi connectivity index (χ3n) is 5.09. The molecular formula is C23H23F4N5O2. The zero-order valence-corrected chi connectivity index (χ0v) is 18.6. The molecular weight excluding hydrogens is 454 g/mol. The van der Waals surface area contributed by atoms with Crippen LogP contribution < -0.4 is 15.5 Å². The molecule has 0 spiro atoms. The molecule has 1 unspecified atom stereocenters. The van der Waals surface area contributed by atoms with Crippen LogP contribution >= 0.6 is 0 Å². The van der Waals surface area contributed by atoms with Crippen molar-refractivity contribution in [1.29, 1.82) is 0 Å². The maximum Gasteiger partial charge on any atom is 0.327 e. The zero-order chi connectivity index (χ0) is 25.0. The number of urea groups is 1. The molecule has 2 amide bonds. The van der Waals surface area contributed by atoms with Gasteiger partial charge in [0.2, 0.25) is 5.95 Å². The number of nitrogens with one attached hydrogen (secondary N) is 2. The molecule has 0 aliphatic rings. The largest absolute Gasteiger partial charge is 0.388 e. The maximum absolute atomic E-state index is 14.0. The van der Waals surface area contributed by atoms with Crippen molar-refractivity contribution in [1.82, 2.24) is 15.3 Å². The van der Waals surface area contributed by atoms with E-state index in [1.54, 1.807) is 20.8 Å². The minimum Gasteiger partial charge on any atom is -0.388 e. The number of benzene rings is 2. The molecule has 3 rings (SSSR count). The summed E-state index contributed by atoms with van der Waals surface area (Å²) in [7, 11) is 0. The molecule has 3 aromatic rings. The van der Waals surface area contributed by atoms with Gasteiger partial charge >= 0.3 is 6.03 Å². The number of hydrogen-bond acceptors (Lipinski definition) is 5. The van der Waals surface area contributed by atoms with E-state index < -0.39 is 53.1 Å². The lowest BCUT2D eigenvalue weighted by Crippen LogP contribution is -2.40. The third-order valence-corrected chi connectivity index (χ3v) is 5.09. The van der Waals surface area contributed by atoms with Crippen LogP contribution in [-0.4, -0.2) is 32.7 Å². The molecule has 0 fully saturated rings. The molecule has 0 saturated heterocycles. The van der Waals surface area contributed by atoms with Crippen LogP contribution in [-0.2, 0) is 6.54 Å². The number of carbonyl (C=O) groups is 1. The first-order valence-corrected chi connectivity index (χ1v) is 10.2. The Morgan fingerprint density at radius 1 is 1.06 bits per heavy atom. The summed E-state index contributed by atoms with van der Waals surface area (Å²) in [6.45, 7) is 4.33. The summed E-state index contributed by atoms with van der Waals surface area (Å²) in [6, 6.07) is 6.03. The molecule has 0 saturated carbocycles. The van der Waals surface area contributed by atoms with Gasteiger partial charge in [0.1, 0.15) is 29.1 Å². The van der Waals surface area contributed by atoms with Crippen LogP contribution in [0.25, 0.3) is 0 Å². The van der Waals surface area contributed by atoms with Gasteiger partial charge in [-0.2, -0.15) is 4.98 Å². The highest BCUT2D eigenvalue weighted by Crippen LogP contribution is 2.25. The minimum atomic E-state index is -1.15. The molecule has 11 heteroatoms. The summed E-state index contributed by atoms with van der Waals surface area (Å²) in [5.41, 5.74) is -1.42. The zero-order valence-electron chi connectivity index (χ0n) is 18.6. The van der Waals surface area contributed by atoms with Gasteiger partial charge in [0.15, 0.2) is 0 Å². The number of carbonyl (C=O) groups excluding carboxylic acids is 1. The number of aromatic nitrogens is 2. The van der Waals surface area contributed by atoms with Gasteiger partial charge in [-0.1, -0.05) is 0 Å². The average Bonchev–Trinajstić information content (AvgIpc) is 2.74. The molecule has 34 heavy (non-hydrogen) atoms. The van der Waals surface area contributed by atoms with Gasteiger partial charge in [-0.15, -0.1) is 0 Å². The Hall–Kier alpha value is -3.73. The van der Waals surface area contributed by atoms with Gasteiger partial charge in [0, 0.05) is 30.0 Å². The van der Waals surface area contributed by atoms with E-state index >= 15 is 0 Å². The van der Waals surface area contributed by atoms with E-state index in [0.717, 1.165) is 17.0 Å². The fourth-order valence-corrected chi connectivity index (χ4v) is 2.84. The second-order valence-electron chi connectivity index (χ2n) is 8.08. The number of hydrogen-bond donors (Lipinski definition) is 3. The topological polar surface area (TPSA) is 90.4 Å². The van der Waals surface area contributed by atoms with E-state index in [1.165, 1.54) is 24.4 Å². The Morgan fingerprint density at radius 3 is 2.26 bits per heavy atom. The van der Waals surface area contributed by atoms with Crippen molar-refractivity contribution in [2.75, 3.05) is 10.2 Å². The Morgan fingerprint density at radius 2 is 1.68 bits per heavy atom. The van der Waals surface area contributed by atoms with Gasteiger partial charge in [-0.25, -0.2) is 32.2 Å². The SMILES string of the molecule is CC(Nc1nccc(N(C(=O)NCc2c(F)cc(F)cc2F)c2ccc(F)cc2)n1)C(C)(C)O. The molecule has 1 aromatic heterocycles. The van der Waals surface area contributed by atoms with E-state index in [0.29, 0.717) is 12.1 Å². The molecule has 3 N–H and O–H groups in total. The predicted molar refractivity (Wildman–Crippen MR) is 119 cm³/mol. The average molecular weight is 477 g/mol. The van der Waals surface area contributed by atoms with E-state index in [-0.39, 0.29) is 17.5 Å². The molecule has 1 heterocycles.